The number of aliphatic hydroxyl groups is 2. The van der Waals surface area contributed by atoms with E-state index in [1.165, 1.54) is 0 Å². The van der Waals surface area contributed by atoms with E-state index < -0.39 is 18.6 Å². The van der Waals surface area contributed by atoms with Crippen LogP contribution in [-0.2, 0) is 17.6 Å². The average molecular weight is 512 g/mol. The predicted molar refractivity (Wildman–Crippen MR) is 142 cm³/mol. The number of amides is 1. The third-order valence-electron chi connectivity index (χ3n) is 6.15. The molecule has 0 fully saturated rings. The molecule has 1 aromatic carbocycles. The van der Waals surface area contributed by atoms with Crippen molar-refractivity contribution in [2.24, 2.45) is 0 Å². The molecular formula is C27H37N5O5. The summed E-state index contributed by atoms with van der Waals surface area (Å²) in [6, 6.07) is 5.93. The molecule has 0 saturated carbocycles. The van der Waals surface area contributed by atoms with Gasteiger partial charge < -0.3 is 29.7 Å². The van der Waals surface area contributed by atoms with Gasteiger partial charge in [-0.3, -0.25) is 4.79 Å². The van der Waals surface area contributed by atoms with Gasteiger partial charge in [-0.05, 0) is 68.5 Å². The number of hydrogen-bond donors (Lipinski definition) is 3. The molecule has 3 rings (SSSR count). The van der Waals surface area contributed by atoms with Gasteiger partial charge in [-0.2, -0.15) is 4.98 Å². The molecule has 0 aliphatic heterocycles. The summed E-state index contributed by atoms with van der Waals surface area (Å²) < 4.78 is 11.5. The maximum atomic E-state index is 11.2. The molecule has 3 aromatic rings. The molecule has 10 heteroatoms. The molecule has 2 aromatic heterocycles. The van der Waals surface area contributed by atoms with E-state index >= 15 is 0 Å². The lowest BCUT2D eigenvalue weighted by Crippen LogP contribution is -2.36. The fourth-order valence-electron chi connectivity index (χ4n) is 4.12. The zero-order chi connectivity index (χ0) is 26.9. The highest BCUT2D eigenvalue weighted by Crippen LogP contribution is 2.32. The normalized spacial score (nSPS) is 11.9. The predicted octanol–water partition coefficient (Wildman–Crippen LogP) is 2.93. The van der Waals surface area contributed by atoms with Crippen LogP contribution in [0.1, 0.15) is 44.4 Å². The van der Waals surface area contributed by atoms with E-state index in [0.29, 0.717) is 23.9 Å². The van der Waals surface area contributed by atoms with Gasteiger partial charge in [-0.15, -0.1) is 0 Å². The van der Waals surface area contributed by atoms with E-state index in [1.807, 2.05) is 26.0 Å². The van der Waals surface area contributed by atoms with E-state index in [2.05, 4.69) is 47.2 Å². The minimum absolute atomic E-state index is 0.00149. The van der Waals surface area contributed by atoms with Crippen molar-refractivity contribution in [1.29, 1.82) is 0 Å². The summed E-state index contributed by atoms with van der Waals surface area (Å²) in [4.78, 5) is 22.7. The summed E-state index contributed by atoms with van der Waals surface area (Å²) in [5, 5.41) is 25.5. The zero-order valence-electron chi connectivity index (χ0n) is 22.2. The Hall–Kier alpha value is -3.50. The Balaban J connectivity index is 1.80. The van der Waals surface area contributed by atoms with Crippen molar-refractivity contribution in [3.63, 3.8) is 0 Å². The van der Waals surface area contributed by atoms with Gasteiger partial charge in [0.2, 0.25) is 11.7 Å². The van der Waals surface area contributed by atoms with E-state index in [9.17, 15) is 9.90 Å². The number of hydrogen-bond acceptors (Lipinski definition) is 9. The summed E-state index contributed by atoms with van der Waals surface area (Å²) >= 11 is 0. The second kappa shape index (κ2) is 13.2. The molecule has 0 unspecified atom stereocenters. The highest BCUT2D eigenvalue weighted by Gasteiger charge is 2.18. The van der Waals surface area contributed by atoms with Crippen molar-refractivity contribution in [2.45, 2.75) is 53.6 Å². The van der Waals surface area contributed by atoms with Gasteiger partial charge in [-0.25, -0.2) is 4.98 Å². The molecule has 2 heterocycles. The smallest absolute Gasteiger partial charge is 0.259 e. The Kier molecular flexibility index (Phi) is 9.99. The van der Waals surface area contributed by atoms with Crippen LogP contribution in [0, 0.1) is 6.92 Å². The third kappa shape index (κ3) is 6.84. The second-order valence-corrected chi connectivity index (χ2v) is 8.72. The first kappa shape index (κ1) is 28.1. The quantitative estimate of drug-likeness (QED) is 0.317. The maximum Gasteiger partial charge on any atom is 0.259 e. The Morgan fingerprint density at radius 2 is 1.81 bits per heavy atom. The SMILES string of the molecule is CCc1cc(-c2nc(-c3cc(C)c(OC[C@H](O)CNC(=O)CO)c(CC)c3)no2)cnc1N(CC)CC. The molecule has 10 nitrogen and oxygen atoms in total. The number of pyridine rings is 1. The van der Waals surface area contributed by atoms with Gasteiger partial charge in [0.15, 0.2) is 0 Å². The molecule has 37 heavy (non-hydrogen) atoms. The van der Waals surface area contributed by atoms with E-state index in [-0.39, 0.29) is 13.2 Å². The number of aromatic nitrogens is 3. The van der Waals surface area contributed by atoms with Crippen LogP contribution in [0.25, 0.3) is 22.8 Å². The maximum absolute atomic E-state index is 11.2. The van der Waals surface area contributed by atoms with Crippen LogP contribution in [0.3, 0.4) is 0 Å². The second-order valence-electron chi connectivity index (χ2n) is 8.72. The molecule has 0 bridgehead atoms. The fraction of sp³-hybridized carbons (Fsp3) is 0.481. The average Bonchev–Trinajstić information content (AvgIpc) is 3.41. The fourth-order valence-corrected chi connectivity index (χ4v) is 4.12. The molecule has 1 amide bonds. The largest absolute Gasteiger partial charge is 0.490 e. The first-order chi connectivity index (χ1) is 17.8. The number of aryl methyl sites for hydroxylation is 3. The minimum Gasteiger partial charge on any atom is -0.490 e. The number of nitrogens with zero attached hydrogens (tertiary/aromatic N) is 4. The summed E-state index contributed by atoms with van der Waals surface area (Å²) in [6.45, 7) is 11.4. The lowest BCUT2D eigenvalue weighted by molar-refractivity contribution is -0.124. The van der Waals surface area contributed by atoms with Crippen molar-refractivity contribution in [3.05, 3.63) is 41.1 Å². The molecule has 0 saturated heterocycles. The van der Waals surface area contributed by atoms with Crippen LogP contribution in [-0.4, -0.2) is 70.2 Å². The van der Waals surface area contributed by atoms with Crippen LogP contribution in [0.5, 0.6) is 5.75 Å². The number of ether oxygens (including phenoxy) is 1. The summed E-state index contributed by atoms with van der Waals surface area (Å²) in [5.41, 5.74) is 4.51. The van der Waals surface area contributed by atoms with Crippen LogP contribution in [0.2, 0.25) is 0 Å². The van der Waals surface area contributed by atoms with E-state index in [1.54, 1.807) is 6.20 Å². The summed E-state index contributed by atoms with van der Waals surface area (Å²) in [5.74, 6) is 1.99. The Bertz CT molecular complexity index is 1190. The van der Waals surface area contributed by atoms with Gasteiger partial charge in [-0.1, -0.05) is 19.0 Å². The minimum atomic E-state index is -0.909. The van der Waals surface area contributed by atoms with Gasteiger partial charge in [0.05, 0.1) is 5.56 Å². The van der Waals surface area contributed by atoms with Crippen molar-refractivity contribution >= 4 is 11.7 Å². The van der Waals surface area contributed by atoms with E-state index in [0.717, 1.165) is 53.1 Å². The molecule has 1 atom stereocenters. The Morgan fingerprint density at radius 3 is 2.46 bits per heavy atom. The van der Waals surface area contributed by atoms with Gasteiger partial charge in [0.25, 0.3) is 5.89 Å². The molecule has 0 aliphatic rings. The van der Waals surface area contributed by atoms with Gasteiger partial charge >= 0.3 is 0 Å². The Morgan fingerprint density at radius 1 is 1.11 bits per heavy atom. The Labute approximate surface area is 217 Å². The molecule has 0 radical (unpaired) electrons. The first-order valence-electron chi connectivity index (χ1n) is 12.7. The van der Waals surface area contributed by atoms with Crippen molar-refractivity contribution < 1.29 is 24.3 Å². The number of nitrogens with one attached hydrogen (secondary N) is 1. The van der Waals surface area contributed by atoms with Crippen LogP contribution >= 0.6 is 0 Å². The molecule has 0 spiro atoms. The summed E-state index contributed by atoms with van der Waals surface area (Å²) in [6.07, 6.45) is 2.41. The van der Waals surface area contributed by atoms with E-state index in [4.69, 9.17) is 19.4 Å². The number of anilines is 1. The van der Waals surface area contributed by atoms with Crippen LogP contribution in [0.15, 0.2) is 28.9 Å². The number of benzene rings is 1. The number of carbonyl (C=O) groups excluding carboxylic acids is 1. The monoisotopic (exact) mass is 511 g/mol. The summed E-state index contributed by atoms with van der Waals surface area (Å²) in [7, 11) is 0. The number of carbonyl (C=O) groups is 1. The topological polar surface area (TPSA) is 134 Å². The highest BCUT2D eigenvalue weighted by molar-refractivity contribution is 5.76. The van der Waals surface area contributed by atoms with Crippen molar-refractivity contribution in [2.75, 3.05) is 37.7 Å². The molecule has 200 valence electrons. The molecule has 0 aliphatic carbocycles. The standard InChI is InChI=1S/C27H37N5O5/c1-6-18-11-20(10-17(5)24(18)36-16-22(34)14-28-23(35)15-33)25-30-27(37-31-25)21-12-19(7-2)26(29-13-21)32(8-3)9-4/h10-13,22,33-34H,6-9,14-16H2,1-5H3,(H,28,35)/t22-/m1/s1. The lowest BCUT2D eigenvalue weighted by atomic mass is 10.0. The third-order valence-corrected chi connectivity index (χ3v) is 6.15. The van der Waals surface area contributed by atoms with Gasteiger partial charge in [0, 0.05) is 31.4 Å². The first-order valence-corrected chi connectivity index (χ1v) is 12.7. The van der Waals surface area contributed by atoms with Crippen molar-refractivity contribution in [3.8, 4) is 28.6 Å². The zero-order valence-corrected chi connectivity index (χ0v) is 22.2. The highest BCUT2D eigenvalue weighted by atomic mass is 16.5. The van der Waals surface area contributed by atoms with Crippen LogP contribution in [0.4, 0.5) is 5.82 Å². The number of aliphatic hydroxyl groups excluding tert-OH is 2. The molecular weight excluding hydrogens is 474 g/mol. The van der Waals surface area contributed by atoms with Crippen LogP contribution < -0.4 is 15.0 Å². The van der Waals surface area contributed by atoms with Crippen molar-refractivity contribution in [1.82, 2.24) is 20.4 Å². The molecule has 3 N–H and O–H groups in total. The number of rotatable bonds is 13. The van der Waals surface area contributed by atoms with Gasteiger partial charge in [0.1, 0.15) is 30.9 Å². The lowest BCUT2D eigenvalue weighted by Gasteiger charge is -2.22.